The number of aromatic nitrogens is 1. The summed E-state index contributed by atoms with van der Waals surface area (Å²) in [4.78, 5) is 12.7. The molecular weight excluding hydrogens is 513 g/mol. The van der Waals surface area contributed by atoms with E-state index < -0.39 is 0 Å². The standard InChI is InChI=1S/C21H31N5O2S.HI/c1-4-22-21(24-14-20-16(2)25-15-29-20)23-13-19(26-9-11-28-12-10-26)17-5-7-18(27-3)8-6-17;/h5-8,15,19H,4,9-14H2,1-3H3,(H2,22,23,24);1H. The first kappa shape index (κ1) is 24.8. The van der Waals surface area contributed by atoms with Crippen LogP contribution in [0.4, 0.5) is 0 Å². The van der Waals surface area contributed by atoms with Gasteiger partial charge >= 0.3 is 0 Å². The molecule has 1 unspecified atom stereocenters. The van der Waals surface area contributed by atoms with Crippen molar-refractivity contribution in [2.75, 3.05) is 46.5 Å². The van der Waals surface area contributed by atoms with E-state index in [4.69, 9.17) is 14.5 Å². The predicted octanol–water partition coefficient (Wildman–Crippen LogP) is 3.21. The number of ether oxygens (including phenoxy) is 2. The average molecular weight is 545 g/mol. The first-order valence-corrected chi connectivity index (χ1v) is 11.0. The van der Waals surface area contributed by atoms with E-state index in [1.165, 1.54) is 10.4 Å². The quantitative estimate of drug-likeness (QED) is 0.302. The van der Waals surface area contributed by atoms with Crippen LogP contribution in [0.3, 0.4) is 0 Å². The molecule has 30 heavy (non-hydrogen) atoms. The Morgan fingerprint density at radius 2 is 2.00 bits per heavy atom. The molecule has 1 aromatic carbocycles. The summed E-state index contributed by atoms with van der Waals surface area (Å²) in [6, 6.07) is 8.57. The highest BCUT2D eigenvalue weighted by atomic mass is 127. The lowest BCUT2D eigenvalue weighted by Crippen LogP contribution is -2.46. The number of morpholine rings is 1. The Labute approximate surface area is 200 Å². The molecule has 1 aliphatic rings. The summed E-state index contributed by atoms with van der Waals surface area (Å²) in [5.74, 6) is 1.70. The summed E-state index contributed by atoms with van der Waals surface area (Å²) < 4.78 is 10.9. The normalized spacial score (nSPS) is 15.9. The number of thiazole rings is 1. The lowest BCUT2D eigenvalue weighted by Gasteiger charge is -2.35. The van der Waals surface area contributed by atoms with Gasteiger partial charge < -0.3 is 20.1 Å². The number of rotatable bonds is 8. The SMILES string of the molecule is CCNC(=NCc1scnc1C)NCC(c1ccc(OC)cc1)N1CCOCC1.I. The summed E-state index contributed by atoms with van der Waals surface area (Å²) in [5.41, 5.74) is 4.19. The van der Waals surface area contributed by atoms with Gasteiger partial charge in [0.15, 0.2) is 5.96 Å². The van der Waals surface area contributed by atoms with Gasteiger partial charge in [-0.3, -0.25) is 4.90 Å². The van der Waals surface area contributed by atoms with Crippen molar-refractivity contribution < 1.29 is 9.47 Å². The van der Waals surface area contributed by atoms with E-state index in [1.807, 2.05) is 24.6 Å². The van der Waals surface area contributed by atoms with Gasteiger partial charge in [-0.05, 0) is 31.5 Å². The molecule has 1 saturated heterocycles. The number of benzene rings is 1. The minimum atomic E-state index is 0. The fraction of sp³-hybridized carbons (Fsp3) is 0.524. The molecule has 9 heteroatoms. The number of aryl methyl sites for hydroxylation is 1. The van der Waals surface area contributed by atoms with Gasteiger partial charge in [-0.15, -0.1) is 35.3 Å². The van der Waals surface area contributed by atoms with Crippen molar-refractivity contribution >= 4 is 41.3 Å². The minimum Gasteiger partial charge on any atom is -0.497 e. The third kappa shape index (κ3) is 7.07. The Morgan fingerprint density at radius 1 is 1.27 bits per heavy atom. The largest absolute Gasteiger partial charge is 0.497 e. The molecule has 166 valence electrons. The van der Waals surface area contributed by atoms with Crippen molar-refractivity contribution in [1.29, 1.82) is 0 Å². The fourth-order valence-electron chi connectivity index (χ4n) is 3.34. The average Bonchev–Trinajstić information content (AvgIpc) is 3.18. The van der Waals surface area contributed by atoms with Crippen LogP contribution >= 0.6 is 35.3 Å². The van der Waals surface area contributed by atoms with Crippen LogP contribution in [-0.4, -0.2) is 62.3 Å². The molecule has 2 aromatic rings. The maximum atomic E-state index is 5.55. The van der Waals surface area contributed by atoms with Gasteiger partial charge in [-0.25, -0.2) is 9.98 Å². The van der Waals surface area contributed by atoms with Crippen LogP contribution in [0.1, 0.15) is 29.1 Å². The zero-order valence-corrected chi connectivity index (χ0v) is 21.0. The summed E-state index contributed by atoms with van der Waals surface area (Å²) in [7, 11) is 1.69. The second-order valence-corrected chi connectivity index (χ2v) is 7.81. The van der Waals surface area contributed by atoms with Crippen molar-refractivity contribution in [3.05, 3.63) is 45.9 Å². The number of hydrogen-bond donors (Lipinski definition) is 2. The van der Waals surface area contributed by atoms with Crippen LogP contribution in [0.15, 0.2) is 34.8 Å². The molecule has 1 aromatic heterocycles. The monoisotopic (exact) mass is 545 g/mol. The first-order valence-electron chi connectivity index (χ1n) is 10.1. The Morgan fingerprint density at radius 3 is 2.60 bits per heavy atom. The molecule has 1 fully saturated rings. The first-order chi connectivity index (χ1) is 14.2. The van der Waals surface area contributed by atoms with E-state index in [1.54, 1.807) is 18.4 Å². The summed E-state index contributed by atoms with van der Waals surface area (Å²) in [6.45, 7) is 9.71. The molecule has 1 atom stereocenters. The molecule has 0 bridgehead atoms. The summed E-state index contributed by atoms with van der Waals surface area (Å²) in [6.07, 6.45) is 0. The Hall–Kier alpha value is -1.43. The Kier molecular flexibility index (Phi) is 10.8. The lowest BCUT2D eigenvalue weighted by atomic mass is 10.0. The molecule has 1 aliphatic heterocycles. The van der Waals surface area contributed by atoms with Crippen LogP contribution in [0.2, 0.25) is 0 Å². The molecule has 2 heterocycles. The van der Waals surface area contributed by atoms with E-state index in [0.29, 0.717) is 6.54 Å². The zero-order chi connectivity index (χ0) is 20.5. The van der Waals surface area contributed by atoms with Crippen molar-refractivity contribution in [2.24, 2.45) is 4.99 Å². The van der Waals surface area contributed by atoms with E-state index >= 15 is 0 Å². The van der Waals surface area contributed by atoms with Crippen molar-refractivity contribution in [3.63, 3.8) is 0 Å². The summed E-state index contributed by atoms with van der Waals surface area (Å²) in [5, 5.41) is 6.89. The van der Waals surface area contributed by atoms with Crippen LogP contribution < -0.4 is 15.4 Å². The number of methoxy groups -OCH3 is 1. The fourth-order valence-corrected chi connectivity index (χ4v) is 4.04. The molecular formula is C21H32IN5O2S. The predicted molar refractivity (Wildman–Crippen MR) is 133 cm³/mol. The highest BCUT2D eigenvalue weighted by Gasteiger charge is 2.23. The maximum Gasteiger partial charge on any atom is 0.191 e. The lowest BCUT2D eigenvalue weighted by molar-refractivity contribution is 0.0170. The van der Waals surface area contributed by atoms with Gasteiger partial charge in [0.05, 0.1) is 44.1 Å². The van der Waals surface area contributed by atoms with E-state index in [-0.39, 0.29) is 30.0 Å². The number of hydrogen-bond acceptors (Lipinski definition) is 6. The second kappa shape index (κ2) is 13.1. The van der Waals surface area contributed by atoms with Crippen LogP contribution in [0.5, 0.6) is 5.75 Å². The van der Waals surface area contributed by atoms with Gasteiger partial charge in [-0.2, -0.15) is 0 Å². The third-order valence-electron chi connectivity index (χ3n) is 5.02. The van der Waals surface area contributed by atoms with Gasteiger partial charge in [0.1, 0.15) is 5.75 Å². The third-order valence-corrected chi connectivity index (χ3v) is 5.94. The van der Waals surface area contributed by atoms with E-state index in [0.717, 1.165) is 56.8 Å². The minimum absolute atomic E-state index is 0. The number of aliphatic imine (C=N–C) groups is 1. The Balaban J connectivity index is 0.00000320. The molecule has 3 rings (SSSR count). The maximum absolute atomic E-state index is 5.55. The molecule has 0 amide bonds. The number of guanidine groups is 1. The van der Waals surface area contributed by atoms with Gasteiger partial charge in [0.25, 0.3) is 0 Å². The second-order valence-electron chi connectivity index (χ2n) is 6.87. The van der Waals surface area contributed by atoms with Gasteiger partial charge in [-0.1, -0.05) is 12.1 Å². The highest BCUT2D eigenvalue weighted by molar-refractivity contribution is 14.0. The number of nitrogens with one attached hydrogen (secondary N) is 2. The van der Waals surface area contributed by atoms with Gasteiger partial charge in [0, 0.05) is 31.1 Å². The molecule has 0 radical (unpaired) electrons. The number of nitrogens with zero attached hydrogens (tertiary/aromatic N) is 3. The molecule has 0 spiro atoms. The van der Waals surface area contributed by atoms with Gasteiger partial charge in [0.2, 0.25) is 0 Å². The smallest absolute Gasteiger partial charge is 0.191 e. The topological polar surface area (TPSA) is 71.0 Å². The summed E-state index contributed by atoms with van der Waals surface area (Å²) >= 11 is 1.65. The van der Waals surface area contributed by atoms with Crippen LogP contribution in [0, 0.1) is 6.92 Å². The molecule has 0 aliphatic carbocycles. The molecule has 2 N–H and O–H groups in total. The van der Waals surface area contributed by atoms with Crippen LogP contribution in [-0.2, 0) is 11.3 Å². The van der Waals surface area contributed by atoms with Crippen molar-refractivity contribution in [2.45, 2.75) is 26.4 Å². The zero-order valence-electron chi connectivity index (χ0n) is 17.9. The molecule has 0 saturated carbocycles. The number of halogens is 1. The van der Waals surface area contributed by atoms with E-state index in [9.17, 15) is 0 Å². The highest BCUT2D eigenvalue weighted by Crippen LogP contribution is 2.23. The van der Waals surface area contributed by atoms with Crippen molar-refractivity contribution in [3.8, 4) is 5.75 Å². The molecule has 7 nitrogen and oxygen atoms in total. The van der Waals surface area contributed by atoms with Crippen LogP contribution in [0.25, 0.3) is 0 Å². The van der Waals surface area contributed by atoms with E-state index in [2.05, 4.69) is 39.6 Å². The Bertz CT molecular complexity index is 778. The van der Waals surface area contributed by atoms with Crippen molar-refractivity contribution in [1.82, 2.24) is 20.5 Å².